The third-order valence-corrected chi connectivity index (χ3v) is 4.22. The Bertz CT molecular complexity index is 535. The van der Waals surface area contributed by atoms with E-state index in [9.17, 15) is 10.2 Å². The van der Waals surface area contributed by atoms with Crippen LogP contribution in [0, 0.1) is 0 Å². The number of benzene rings is 1. The Morgan fingerprint density at radius 2 is 1.79 bits per heavy atom. The van der Waals surface area contributed by atoms with E-state index in [4.69, 9.17) is 24.1 Å². The molecule has 3 rings (SSSR count). The van der Waals surface area contributed by atoms with Crippen LogP contribution in [0.15, 0.2) is 30.3 Å². The first kappa shape index (κ1) is 17.8. The maximum absolute atomic E-state index is 10.2. The molecule has 2 aliphatic rings. The molecule has 0 spiro atoms. The fourth-order valence-corrected chi connectivity index (χ4v) is 3.08. The van der Waals surface area contributed by atoms with Gasteiger partial charge in [0.05, 0.1) is 13.2 Å². The molecule has 1 aromatic carbocycles. The molecule has 24 heavy (non-hydrogen) atoms. The average molecular weight is 340 g/mol. The molecule has 0 saturated carbocycles. The van der Waals surface area contributed by atoms with Crippen molar-refractivity contribution in [2.45, 2.75) is 63.1 Å². The summed E-state index contributed by atoms with van der Waals surface area (Å²) >= 11 is 0. The van der Waals surface area contributed by atoms with Gasteiger partial charge in [-0.15, -0.1) is 0 Å². The predicted molar refractivity (Wildman–Crippen MR) is 82.8 cm³/mol. The van der Waals surface area contributed by atoms with Crippen molar-refractivity contribution < 1.29 is 34.3 Å². The molecular weight excluding hydrogens is 316 g/mol. The van der Waals surface area contributed by atoms with Gasteiger partial charge in [-0.2, -0.15) is 0 Å². The molecule has 134 valence electrons. The predicted octanol–water partition coefficient (Wildman–Crippen LogP) is 0.162. The second kappa shape index (κ2) is 7.05. The van der Waals surface area contributed by atoms with E-state index < -0.39 is 49.2 Å². The summed E-state index contributed by atoms with van der Waals surface area (Å²) in [5, 5.41) is 29.0. The Balaban J connectivity index is 1.70. The largest absolute Gasteiger partial charge is 0.394 e. The highest BCUT2D eigenvalue weighted by Gasteiger charge is 2.58. The molecule has 0 radical (unpaired) electrons. The van der Waals surface area contributed by atoms with E-state index in [1.807, 2.05) is 30.3 Å². The van der Waals surface area contributed by atoms with Gasteiger partial charge in [0, 0.05) is 0 Å². The van der Waals surface area contributed by atoms with E-state index >= 15 is 0 Å². The highest BCUT2D eigenvalue weighted by molar-refractivity contribution is 5.13. The van der Waals surface area contributed by atoms with Crippen molar-refractivity contribution in [3.63, 3.8) is 0 Å². The molecule has 2 unspecified atom stereocenters. The maximum Gasteiger partial charge on any atom is 0.187 e. The first-order valence-corrected chi connectivity index (χ1v) is 8.05. The molecule has 7 nitrogen and oxygen atoms in total. The number of hydrogen-bond acceptors (Lipinski definition) is 7. The van der Waals surface area contributed by atoms with Gasteiger partial charge in [-0.3, -0.25) is 0 Å². The molecule has 0 bridgehead atoms. The molecule has 2 fully saturated rings. The molecule has 2 saturated heterocycles. The van der Waals surface area contributed by atoms with E-state index in [1.165, 1.54) is 0 Å². The fourth-order valence-electron chi connectivity index (χ4n) is 3.08. The van der Waals surface area contributed by atoms with Gasteiger partial charge in [0.2, 0.25) is 0 Å². The van der Waals surface area contributed by atoms with Crippen molar-refractivity contribution in [3.05, 3.63) is 35.9 Å². The molecule has 3 N–H and O–H groups in total. The summed E-state index contributed by atoms with van der Waals surface area (Å²) in [7, 11) is 0. The van der Waals surface area contributed by atoms with Crippen LogP contribution in [0.4, 0.5) is 0 Å². The minimum absolute atomic E-state index is 0.323. The van der Waals surface area contributed by atoms with E-state index in [0.29, 0.717) is 6.61 Å². The van der Waals surface area contributed by atoms with Crippen LogP contribution in [0.5, 0.6) is 0 Å². The summed E-state index contributed by atoms with van der Waals surface area (Å²) in [5.74, 6) is -0.838. The van der Waals surface area contributed by atoms with Crippen LogP contribution in [0.1, 0.15) is 19.4 Å². The Kier molecular flexibility index (Phi) is 5.22. The van der Waals surface area contributed by atoms with Crippen molar-refractivity contribution in [3.8, 4) is 0 Å². The highest BCUT2D eigenvalue weighted by Crippen LogP contribution is 2.40. The van der Waals surface area contributed by atoms with Gasteiger partial charge in [-0.1, -0.05) is 30.3 Å². The number of aliphatic hydroxyl groups is 3. The first-order valence-electron chi connectivity index (χ1n) is 8.05. The van der Waals surface area contributed by atoms with Gasteiger partial charge in [-0.05, 0) is 19.4 Å². The lowest BCUT2D eigenvalue weighted by molar-refractivity contribution is -0.251. The quantitative estimate of drug-likeness (QED) is 0.679. The molecule has 0 aliphatic carbocycles. The van der Waals surface area contributed by atoms with Gasteiger partial charge in [-0.25, -0.2) is 0 Å². The highest BCUT2D eigenvalue weighted by atomic mass is 16.8. The lowest BCUT2D eigenvalue weighted by Crippen LogP contribution is -2.46. The Hall–Kier alpha value is -1.06. The SMILES string of the molecule is CC1(C)OC2C(O1)[C@@H]([C@H](O)[C@@H](O)CO)O[C@@H]2OCc1ccccc1. The molecule has 2 aliphatic heterocycles. The van der Waals surface area contributed by atoms with Crippen LogP contribution >= 0.6 is 0 Å². The zero-order valence-electron chi connectivity index (χ0n) is 13.7. The van der Waals surface area contributed by atoms with Gasteiger partial charge in [0.25, 0.3) is 0 Å². The molecule has 0 amide bonds. The number of hydrogen-bond donors (Lipinski definition) is 3. The normalized spacial score (nSPS) is 34.0. The molecule has 0 aromatic heterocycles. The molecule has 6 atom stereocenters. The van der Waals surface area contributed by atoms with Crippen LogP contribution in [0.2, 0.25) is 0 Å². The number of fused-ring (bicyclic) bond motifs is 1. The summed E-state index contributed by atoms with van der Waals surface area (Å²) in [6.07, 6.45) is -5.31. The van der Waals surface area contributed by atoms with Crippen LogP contribution in [0.25, 0.3) is 0 Å². The zero-order chi connectivity index (χ0) is 17.3. The van der Waals surface area contributed by atoms with Crippen molar-refractivity contribution in [1.29, 1.82) is 0 Å². The van der Waals surface area contributed by atoms with E-state index in [1.54, 1.807) is 13.8 Å². The van der Waals surface area contributed by atoms with Crippen molar-refractivity contribution in [2.75, 3.05) is 6.61 Å². The summed E-state index contributed by atoms with van der Waals surface area (Å²) in [4.78, 5) is 0. The third kappa shape index (κ3) is 3.62. The molecule has 2 heterocycles. The lowest BCUT2D eigenvalue weighted by Gasteiger charge is -2.28. The molecular formula is C17H24O7. The summed E-state index contributed by atoms with van der Waals surface area (Å²) < 4.78 is 23.2. The topological polar surface area (TPSA) is 97.6 Å². The second-order valence-electron chi connectivity index (χ2n) is 6.57. The Morgan fingerprint density at radius 1 is 1.12 bits per heavy atom. The van der Waals surface area contributed by atoms with Crippen molar-refractivity contribution in [1.82, 2.24) is 0 Å². The molecule has 7 heteroatoms. The van der Waals surface area contributed by atoms with Gasteiger partial charge in [0.1, 0.15) is 30.5 Å². The summed E-state index contributed by atoms with van der Waals surface area (Å²) in [6.45, 7) is 3.29. The average Bonchev–Trinajstić information content (AvgIpc) is 3.05. The minimum Gasteiger partial charge on any atom is -0.394 e. The maximum atomic E-state index is 10.2. The van der Waals surface area contributed by atoms with E-state index in [-0.39, 0.29) is 0 Å². The summed E-state index contributed by atoms with van der Waals surface area (Å²) in [5.41, 5.74) is 0.982. The smallest absolute Gasteiger partial charge is 0.187 e. The van der Waals surface area contributed by atoms with Crippen molar-refractivity contribution >= 4 is 0 Å². The van der Waals surface area contributed by atoms with Crippen LogP contribution < -0.4 is 0 Å². The molecule has 1 aromatic rings. The number of aliphatic hydroxyl groups excluding tert-OH is 3. The van der Waals surface area contributed by atoms with Crippen LogP contribution in [-0.4, -0.2) is 64.5 Å². The third-order valence-electron chi connectivity index (χ3n) is 4.22. The van der Waals surface area contributed by atoms with Gasteiger partial charge < -0.3 is 34.3 Å². The lowest BCUT2D eigenvalue weighted by atomic mass is 10.0. The number of ether oxygens (including phenoxy) is 4. The monoisotopic (exact) mass is 340 g/mol. The van der Waals surface area contributed by atoms with Gasteiger partial charge in [0.15, 0.2) is 12.1 Å². The van der Waals surface area contributed by atoms with Crippen LogP contribution in [0.3, 0.4) is 0 Å². The van der Waals surface area contributed by atoms with Crippen molar-refractivity contribution in [2.24, 2.45) is 0 Å². The van der Waals surface area contributed by atoms with E-state index in [2.05, 4.69) is 0 Å². The Morgan fingerprint density at radius 3 is 2.46 bits per heavy atom. The second-order valence-corrected chi connectivity index (χ2v) is 6.57. The fraction of sp³-hybridized carbons (Fsp3) is 0.647. The number of rotatable bonds is 6. The first-order chi connectivity index (χ1) is 11.4. The standard InChI is InChI=1S/C17H24O7/c1-17(2)23-14-13(12(20)11(19)8-18)22-16(15(14)24-17)21-9-10-6-4-3-5-7-10/h3-7,11-16,18-20H,8-9H2,1-2H3/t11-,12+,13+,14?,15?,16-/m0/s1. The zero-order valence-corrected chi connectivity index (χ0v) is 13.7. The minimum atomic E-state index is -1.32. The van der Waals surface area contributed by atoms with Gasteiger partial charge >= 0.3 is 0 Å². The van der Waals surface area contributed by atoms with E-state index in [0.717, 1.165) is 5.56 Å². The summed E-state index contributed by atoms with van der Waals surface area (Å²) in [6, 6.07) is 9.62. The van der Waals surface area contributed by atoms with Crippen LogP contribution in [-0.2, 0) is 25.6 Å². The Labute approximate surface area is 140 Å².